The highest BCUT2D eigenvalue weighted by atomic mass is 16.5. The summed E-state index contributed by atoms with van der Waals surface area (Å²) in [5.41, 5.74) is 3.25. The average Bonchev–Trinajstić information content (AvgIpc) is 2.71. The maximum atomic E-state index is 11.9. The zero-order valence-corrected chi connectivity index (χ0v) is 14.7. The third-order valence-electron chi connectivity index (χ3n) is 3.57. The van der Waals surface area contributed by atoms with Crippen LogP contribution in [0.15, 0.2) is 84.0 Å². The van der Waals surface area contributed by atoms with E-state index in [9.17, 15) is 14.7 Å². The lowest BCUT2D eigenvalue weighted by Gasteiger charge is -2.07. The highest BCUT2D eigenvalue weighted by Crippen LogP contribution is 2.22. The van der Waals surface area contributed by atoms with Gasteiger partial charge in [0.1, 0.15) is 17.2 Å². The first-order valence-electron chi connectivity index (χ1n) is 8.36. The summed E-state index contributed by atoms with van der Waals surface area (Å²) < 4.78 is 5.66. The molecule has 140 valence electrons. The molecule has 0 aliphatic heterocycles. The molecule has 2 amide bonds. The highest BCUT2D eigenvalue weighted by molar-refractivity contribution is 6.39. The van der Waals surface area contributed by atoms with Gasteiger partial charge in [-0.1, -0.05) is 18.2 Å². The fourth-order valence-corrected chi connectivity index (χ4v) is 2.20. The Bertz CT molecular complexity index is 969. The first-order chi connectivity index (χ1) is 13.6. The number of amides is 2. The van der Waals surface area contributed by atoms with Crippen LogP contribution < -0.4 is 15.5 Å². The Hall–Kier alpha value is -4.13. The van der Waals surface area contributed by atoms with Gasteiger partial charge in [0.15, 0.2) is 0 Å². The molecule has 3 rings (SSSR count). The van der Waals surface area contributed by atoms with Crippen LogP contribution in [0, 0.1) is 0 Å². The quantitative estimate of drug-likeness (QED) is 0.362. The molecule has 3 aromatic rings. The number of carbonyl (C=O) groups is 2. The summed E-state index contributed by atoms with van der Waals surface area (Å²) in [6.45, 7) is 0. The summed E-state index contributed by atoms with van der Waals surface area (Å²) in [6.07, 6.45) is 1.36. The van der Waals surface area contributed by atoms with Crippen molar-refractivity contribution >= 4 is 23.7 Å². The molecule has 0 aliphatic carbocycles. The number of rotatable bonds is 5. The number of hydrogen-bond acceptors (Lipinski definition) is 5. The van der Waals surface area contributed by atoms with Crippen LogP contribution in [0.4, 0.5) is 5.69 Å². The molecule has 0 spiro atoms. The highest BCUT2D eigenvalue weighted by Gasteiger charge is 2.12. The number of nitrogens with zero attached hydrogens (tertiary/aromatic N) is 1. The molecule has 28 heavy (non-hydrogen) atoms. The number of hydrazone groups is 1. The smallest absolute Gasteiger partial charge is 0.329 e. The van der Waals surface area contributed by atoms with Crippen molar-refractivity contribution < 1.29 is 19.4 Å². The van der Waals surface area contributed by atoms with Crippen molar-refractivity contribution in [2.45, 2.75) is 0 Å². The van der Waals surface area contributed by atoms with Crippen LogP contribution in [0.5, 0.6) is 17.2 Å². The average molecular weight is 375 g/mol. The molecule has 0 unspecified atom stereocenters. The minimum Gasteiger partial charge on any atom is -0.508 e. The largest absolute Gasteiger partial charge is 0.508 e. The van der Waals surface area contributed by atoms with Gasteiger partial charge in [-0.25, -0.2) is 5.43 Å². The van der Waals surface area contributed by atoms with Crippen LogP contribution in [0.1, 0.15) is 5.56 Å². The topological polar surface area (TPSA) is 100 Å². The third-order valence-corrected chi connectivity index (χ3v) is 3.57. The monoisotopic (exact) mass is 375 g/mol. The Labute approximate surface area is 161 Å². The van der Waals surface area contributed by atoms with E-state index in [1.54, 1.807) is 36.4 Å². The van der Waals surface area contributed by atoms with Crippen molar-refractivity contribution in [1.29, 1.82) is 0 Å². The van der Waals surface area contributed by atoms with E-state index in [1.165, 1.54) is 18.3 Å². The zero-order chi connectivity index (χ0) is 19.8. The van der Waals surface area contributed by atoms with Gasteiger partial charge in [-0.05, 0) is 66.2 Å². The first-order valence-corrected chi connectivity index (χ1v) is 8.36. The van der Waals surface area contributed by atoms with Crippen molar-refractivity contribution in [1.82, 2.24) is 5.43 Å². The molecule has 0 bridgehead atoms. The number of ether oxygens (including phenoxy) is 1. The first kappa shape index (κ1) is 18.7. The number of anilines is 1. The fraction of sp³-hybridized carbons (Fsp3) is 0. The van der Waals surface area contributed by atoms with Gasteiger partial charge in [0.05, 0.1) is 6.21 Å². The van der Waals surface area contributed by atoms with E-state index in [2.05, 4.69) is 15.8 Å². The molecule has 0 fully saturated rings. The number of phenols is 1. The van der Waals surface area contributed by atoms with Crippen molar-refractivity contribution in [3.63, 3.8) is 0 Å². The van der Waals surface area contributed by atoms with Gasteiger partial charge in [0, 0.05) is 5.69 Å². The van der Waals surface area contributed by atoms with Gasteiger partial charge >= 0.3 is 11.8 Å². The van der Waals surface area contributed by atoms with Crippen molar-refractivity contribution in [3.05, 3.63) is 84.4 Å². The lowest BCUT2D eigenvalue weighted by atomic mass is 10.2. The van der Waals surface area contributed by atoms with E-state index in [1.807, 2.05) is 30.3 Å². The van der Waals surface area contributed by atoms with Gasteiger partial charge in [-0.15, -0.1) is 0 Å². The maximum absolute atomic E-state index is 11.9. The van der Waals surface area contributed by atoms with Crippen molar-refractivity contribution in [2.75, 3.05) is 5.32 Å². The number of para-hydroxylation sites is 1. The summed E-state index contributed by atoms with van der Waals surface area (Å²) in [7, 11) is 0. The number of carbonyl (C=O) groups excluding carboxylic acids is 2. The number of benzene rings is 3. The van der Waals surface area contributed by atoms with Gasteiger partial charge in [-0.2, -0.15) is 5.10 Å². The van der Waals surface area contributed by atoms with Crippen LogP contribution in [0.3, 0.4) is 0 Å². The molecule has 0 saturated heterocycles. The zero-order valence-electron chi connectivity index (χ0n) is 14.7. The van der Waals surface area contributed by atoms with Gasteiger partial charge in [-0.3, -0.25) is 9.59 Å². The Morgan fingerprint density at radius 1 is 0.821 bits per heavy atom. The van der Waals surface area contributed by atoms with Crippen molar-refractivity contribution in [3.8, 4) is 17.2 Å². The lowest BCUT2D eigenvalue weighted by molar-refractivity contribution is -0.136. The van der Waals surface area contributed by atoms with Crippen LogP contribution in [0.25, 0.3) is 0 Å². The third kappa shape index (κ3) is 5.43. The summed E-state index contributed by atoms with van der Waals surface area (Å²) in [4.78, 5) is 23.7. The minimum absolute atomic E-state index is 0.126. The maximum Gasteiger partial charge on any atom is 0.329 e. The normalized spacial score (nSPS) is 10.4. The standard InChI is InChI=1S/C21H17N3O4/c25-17-10-6-15(7-11-17)14-22-24-21(27)20(26)23-16-8-12-19(13-9-16)28-18-4-2-1-3-5-18/h1-14,25H,(H,23,26)(H,24,27)/b22-14-. The molecule has 0 aliphatic rings. The predicted molar refractivity (Wildman–Crippen MR) is 105 cm³/mol. The van der Waals surface area contributed by atoms with Crippen molar-refractivity contribution in [2.24, 2.45) is 5.10 Å². The summed E-state index contributed by atoms with van der Waals surface area (Å²) in [5.74, 6) is -0.322. The molecular weight excluding hydrogens is 358 g/mol. The van der Waals surface area contributed by atoms with E-state index < -0.39 is 11.8 Å². The van der Waals surface area contributed by atoms with Gasteiger partial charge in [0.2, 0.25) is 0 Å². The summed E-state index contributed by atoms with van der Waals surface area (Å²) >= 11 is 0. The molecule has 0 saturated carbocycles. The Kier molecular flexibility index (Phi) is 5.99. The Morgan fingerprint density at radius 3 is 2.14 bits per heavy atom. The second-order valence-corrected chi connectivity index (χ2v) is 5.68. The van der Waals surface area contributed by atoms with E-state index in [4.69, 9.17) is 4.74 Å². The number of hydrogen-bond donors (Lipinski definition) is 3. The molecule has 3 aromatic carbocycles. The number of aromatic hydroxyl groups is 1. The van der Waals surface area contributed by atoms with E-state index in [0.29, 0.717) is 22.7 Å². The number of nitrogens with one attached hydrogen (secondary N) is 2. The summed E-state index contributed by atoms with van der Waals surface area (Å²) in [5, 5.41) is 15.4. The predicted octanol–water partition coefficient (Wildman–Crippen LogP) is 3.27. The molecule has 7 nitrogen and oxygen atoms in total. The molecule has 0 atom stereocenters. The second kappa shape index (κ2) is 9.00. The van der Waals surface area contributed by atoms with Crippen LogP contribution in [0.2, 0.25) is 0 Å². The van der Waals surface area contributed by atoms with Crippen LogP contribution in [-0.2, 0) is 9.59 Å². The van der Waals surface area contributed by atoms with E-state index in [-0.39, 0.29) is 5.75 Å². The second-order valence-electron chi connectivity index (χ2n) is 5.68. The molecule has 0 aromatic heterocycles. The van der Waals surface area contributed by atoms with Crippen LogP contribution >= 0.6 is 0 Å². The SMILES string of the molecule is O=C(N/N=C\c1ccc(O)cc1)C(=O)Nc1ccc(Oc2ccccc2)cc1. The minimum atomic E-state index is -0.903. The number of phenolic OH excluding ortho intramolecular Hbond substituents is 1. The Morgan fingerprint density at radius 2 is 1.46 bits per heavy atom. The Balaban J connectivity index is 1.50. The molecular formula is C21H17N3O4. The molecule has 7 heteroatoms. The van der Waals surface area contributed by atoms with E-state index in [0.717, 1.165) is 0 Å². The lowest BCUT2D eigenvalue weighted by Crippen LogP contribution is -2.32. The summed E-state index contributed by atoms with van der Waals surface area (Å²) in [6, 6.07) is 22.1. The molecule has 0 radical (unpaired) electrons. The molecule has 3 N–H and O–H groups in total. The van der Waals surface area contributed by atoms with Gasteiger partial charge in [0.25, 0.3) is 0 Å². The van der Waals surface area contributed by atoms with Crippen LogP contribution in [-0.4, -0.2) is 23.1 Å². The fourth-order valence-electron chi connectivity index (χ4n) is 2.20. The van der Waals surface area contributed by atoms with Gasteiger partial charge < -0.3 is 15.2 Å². The van der Waals surface area contributed by atoms with E-state index >= 15 is 0 Å². The molecule has 0 heterocycles.